The summed E-state index contributed by atoms with van der Waals surface area (Å²) in [6, 6.07) is 8.88. The normalized spacial score (nSPS) is 13.3. The van der Waals surface area contributed by atoms with E-state index in [4.69, 9.17) is 24.8 Å². The molecule has 40 heavy (non-hydrogen) atoms. The second-order valence-electron chi connectivity index (χ2n) is 8.41. The number of aromatic nitrogens is 1. The van der Waals surface area contributed by atoms with Crippen molar-refractivity contribution < 1.29 is 55.3 Å². The summed E-state index contributed by atoms with van der Waals surface area (Å²) in [5.41, 5.74) is 3.44. The molecule has 16 heteroatoms. The Bertz CT molecular complexity index is 1160. The van der Waals surface area contributed by atoms with Gasteiger partial charge in [-0.2, -0.15) is 26.3 Å². The average Bonchev–Trinajstić information content (AvgIpc) is 3.05. The molecule has 3 rings (SSSR count). The third-order valence-corrected chi connectivity index (χ3v) is 5.27. The Morgan fingerprint density at radius 2 is 1.48 bits per heavy atom. The number of nitrogens with zero attached hydrogens (tertiary/aromatic N) is 3. The maximum absolute atomic E-state index is 13.9. The van der Waals surface area contributed by atoms with Crippen LogP contribution in [0.3, 0.4) is 0 Å². The number of carboxylic acid groups (broad SMARTS) is 2. The van der Waals surface area contributed by atoms with E-state index in [9.17, 15) is 35.5 Å². The number of amides is 1. The lowest BCUT2D eigenvalue weighted by atomic mass is 10.0. The average molecular weight is 584 g/mol. The van der Waals surface area contributed by atoms with Crippen molar-refractivity contribution in [2.75, 3.05) is 39.1 Å². The first kappa shape index (κ1) is 34.1. The predicted octanol–water partition coefficient (Wildman–Crippen LogP) is 3.51. The van der Waals surface area contributed by atoms with Gasteiger partial charge in [0.15, 0.2) is 0 Å². The first-order chi connectivity index (χ1) is 18.4. The summed E-state index contributed by atoms with van der Waals surface area (Å²) in [6.45, 7) is 2.22. The van der Waals surface area contributed by atoms with Gasteiger partial charge in [-0.3, -0.25) is 9.69 Å². The van der Waals surface area contributed by atoms with Gasteiger partial charge in [-0.25, -0.2) is 19.0 Å². The lowest BCUT2D eigenvalue weighted by Gasteiger charge is -2.19. The summed E-state index contributed by atoms with van der Waals surface area (Å²) in [6.07, 6.45) is -8.58. The van der Waals surface area contributed by atoms with Crippen molar-refractivity contribution in [1.82, 2.24) is 15.2 Å². The summed E-state index contributed by atoms with van der Waals surface area (Å²) < 4.78 is 77.4. The van der Waals surface area contributed by atoms with Crippen LogP contribution in [0.15, 0.2) is 30.3 Å². The van der Waals surface area contributed by atoms with Gasteiger partial charge in [0.25, 0.3) is 5.91 Å². The Hall–Kier alpha value is -3.95. The van der Waals surface area contributed by atoms with Crippen molar-refractivity contribution in [2.45, 2.75) is 31.7 Å². The van der Waals surface area contributed by atoms with Crippen molar-refractivity contribution in [3.63, 3.8) is 0 Å². The molecule has 1 aliphatic heterocycles. The Kier molecular flexibility index (Phi) is 12.3. The number of benzene rings is 1. The van der Waals surface area contributed by atoms with Crippen molar-refractivity contribution in [1.29, 1.82) is 0 Å². The topological polar surface area (TPSA) is 123 Å². The number of hydrogen-bond acceptors (Lipinski definition) is 6. The van der Waals surface area contributed by atoms with Crippen LogP contribution in [0.2, 0.25) is 0 Å². The van der Waals surface area contributed by atoms with Gasteiger partial charge in [0.2, 0.25) is 0 Å². The van der Waals surface area contributed by atoms with Gasteiger partial charge in [-0.05, 0) is 24.1 Å². The highest BCUT2D eigenvalue weighted by atomic mass is 19.4. The molecular formula is C24H27F7N4O5. The van der Waals surface area contributed by atoms with E-state index in [1.165, 1.54) is 6.07 Å². The highest BCUT2D eigenvalue weighted by Gasteiger charge is 2.38. The van der Waals surface area contributed by atoms with Crippen molar-refractivity contribution in [3.8, 4) is 0 Å². The van der Waals surface area contributed by atoms with Crippen molar-refractivity contribution in [2.24, 2.45) is 0 Å². The molecule has 2 heterocycles. The molecule has 0 saturated heterocycles. The van der Waals surface area contributed by atoms with Crippen LogP contribution in [0.5, 0.6) is 0 Å². The van der Waals surface area contributed by atoms with E-state index >= 15 is 0 Å². The third-order valence-electron chi connectivity index (χ3n) is 5.27. The maximum Gasteiger partial charge on any atom is 0.490 e. The number of aliphatic carboxylic acids is 2. The number of fused-ring (bicyclic) bond motifs is 1. The molecule has 0 radical (unpaired) electrons. The molecule has 0 atom stereocenters. The molecular weight excluding hydrogens is 557 g/mol. The highest BCUT2D eigenvalue weighted by molar-refractivity contribution is 5.99. The number of halogens is 7. The van der Waals surface area contributed by atoms with Crippen LogP contribution >= 0.6 is 0 Å². The molecule has 1 aromatic heterocycles. The van der Waals surface area contributed by atoms with E-state index in [1.54, 1.807) is 13.1 Å². The first-order valence-electron chi connectivity index (χ1n) is 11.4. The molecule has 0 bridgehead atoms. The fraction of sp³-hybridized carbons (Fsp3) is 0.417. The maximum atomic E-state index is 13.9. The van der Waals surface area contributed by atoms with Crippen LogP contribution in [0.1, 0.15) is 27.2 Å². The van der Waals surface area contributed by atoms with Crippen LogP contribution in [0.4, 0.5) is 36.6 Å². The van der Waals surface area contributed by atoms with Gasteiger partial charge in [0.1, 0.15) is 11.6 Å². The summed E-state index contributed by atoms with van der Waals surface area (Å²) in [5.74, 6) is -5.12. The summed E-state index contributed by atoms with van der Waals surface area (Å²) in [5, 5.41) is 16.9. The second kappa shape index (κ2) is 14.4. The number of carboxylic acids is 2. The second-order valence-corrected chi connectivity index (χ2v) is 8.41. The molecule has 9 nitrogen and oxygen atoms in total. The lowest BCUT2D eigenvalue weighted by molar-refractivity contribution is -0.193. The molecule has 1 amide bonds. The fourth-order valence-electron chi connectivity index (χ4n) is 3.34. The Morgan fingerprint density at radius 3 is 1.93 bits per heavy atom. The van der Waals surface area contributed by atoms with E-state index in [0.717, 1.165) is 37.2 Å². The highest BCUT2D eigenvalue weighted by Crippen LogP contribution is 2.24. The van der Waals surface area contributed by atoms with Crippen molar-refractivity contribution in [3.05, 3.63) is 58.5 Å². The SMILES string of the molecule is CNC(=O)c1cc2c(nc1N(C)C)CCN(Cc1ccccc1F)CC2.O=C(O)C(F)(F)F.O=C(O)C(F)(F)F. The zero-order chi connectivity index (χ0) is 30.8. The van der Waals surface area contributed by atoms with Crippen LogP contribution in [-0.2, 0) is 29.0 Å². The molecule has 0 aliphatic carbocycles. The van der Waals surface area contributed by atoms with Gasteiger partial charge in [0.05, 0.1) is 5.56 Å². The molecule has 222 valence electrons. The Balaban J connectivity index is 0.000000473. The predicted molar refractivity (Wildman–Crippen MR) is 128 cm³/mol. The zero-order valence-corrected chi connectivity index (χ0v) is 21.5. The molecule has 0 unspecified atom stereocenters. The number of alkyl halides is 6. The quantitative estimate of drug-likeness (QED) is 0.467. The molecule has 2 aromatic rings. The Morgan fingerprint density at radius 1 is 0.975 bits per heavy atom. The number of carbonyl (C=O) groups excluding carboxylic acids is 1. The van der Waals surface area contributed by atoms with E-state index in [-0.39, 0.29) is 11.7 Å². The van der Waals surface area contributed by atoms with Crippen molar-refractivity contribution >= 4 is 23.7 Å². The minimum absolute atomic E-state index is 0.128. The zero-order valence-electron chi connectivity index (χ0n) is 21.5. The number of carbonyl (C=O) groups is 3. The lowest BCUT2D eigenvalue weighted by Crippen LogP contribution is -2.26. The monoisotopic (exact) mass is 584 g/mol. The standard InChI is InChI=1S/C20H25FN4O.2C2HF3O2/c1-22-20(26)16-12-14-8-10-25(13-15-6-4-5-7-17(15)21)11-9-18(14)23-19(16)24(2)3;2*3-2(4,5)1(6)7/h4-7,12H,8-11,13H2,1-3H3,(H,22,26);2*(H,6,7). The van der Waals surface area contributed by atoms with Gasteiger partial charge in [0, 0.05) is 58.5 Å². The molecule has 1 aromatic carbocycles. The molecule has 0 spiro atoms. The van der Waals surface area contributed by atoms with Gasteiger partial charge >= 0.3 is 24.3 Å². The summed E-state index contributed by atoms with van der Waals surface area (Å²) in [7, 11) is 5.41. The minimum Gasteiger partial charge on any atom is -0.475 e. The number of anilines is 1. The van der Waals surface area contributed by atoms with E-state index in [0.29, 0.717) is 23.5 Å². The summed E-state index contributed by atoms with van der Waals surface area (Å²) in [4.78, 5) is 38.9. The smallest absolute Gasteiger partial charge is 0.475 e. The molecule has 0 saturated carbocycles. The van der Waals surface area contributed by atoms with E-state index in [2.05, 4.69) is 10.2 Å². The number of nitrogens with one attached hydrogen (secondary N) is 1. The largest absolute Gasteiger partial charge is 0.490 e. The van der Waals surface area contributed by atoms with Gasteiger partial charge in [-0.15, -0.1) is 0 Å². The number of rotatable bonds is 4. The van der Waals surface area contributed by atoms with Gasteiger partial charge < -0.3 is 20.4 Å². The molecule has 0 fully saturated rings. The van der Waals surface area contributed by atoms with E-state index < -0.39 is 24.3 Å². The number of pyridine rings is 1. The third kappa shape index (κ3) is 10.7. The minimum atomic E-state index is -5.08. The Labute approximate surface area is 224 Å². The van der Waals surface area contributed by atoms with E-state index in [1.807, 2.05) is 37.2 Å². The van der Waals surface area contributed by atoms with Crippen LogP contribution in [0.25, 0.3) is 0 Å². The van der Waals surface area contributed by atoms with Crippen LogP contribution in [-0.4, -0.2) is 84.5 Å². The van der Waals surface area contributed by atoms with Crippen LogP contribution < -0.4 is 10.2 Å². The fourth-order valence-corrected chi connectivity index (χ4v) is 3.34. The first-order valence-corrected chi connectivity index (χ1v) is 11.4. The molecule has 3 N–H and O–H groups in total. The summed E-state index contributed by atoms with van der Waals surface area (Å²) >= 11 is 0. The number of hydrogen-bond donors (Lipinski definition) is 3. The molecule has 1 aliphatic rings. The van der Waals surface area contributed by atoms with Crippen LogP contribution in [0, 0.1) is 5.82 Å². The van der Waals surface area contributed by atoms with Gasteiger partial charge in [-0.1, -0.05) is 18.2 Å².